The maximum Gasteiger partial charge on any atom is 0.435 e. The lowest BCUT2D eigenvalue weighted by Crippen LogP contribution is -2.16. The van der Waals surface area contributed by atoms with Gasteiger partial charge in [0.05, 0.1) is 0 Å². The van der Waals surface area contributed by atoms with Crippen LogP contribution in [-0.4, -0.2) is 28.0 Å². The molecule has 0 fully saturated rings. The maximum absolute atomic E-state index is 11.8. The number of hydrogen-bond acceptors (Lipinski definition) is 5. The Morgan fingerprint density at radius 3 is 2.72 bits per heavy atom. The highest BCUT2D eigenvalue weighted by atomic mass is 16.5. The van der Waals surface area contributed by atoms with Crippen molar-refractivity contribution in [2.45, 2.75) is 6.61 Å². The molecule has 0 radical (unpaired) electrons. The van der Waals surface area contributed by atoms with E-state index in [-0.39, 0.29) is 23.9 Å². The Bertz CT molecular complexity index is 963. The van der Waals surface area contributed by atoms with E-state index in [1.165, 1.54) is 18.3 Å². The molecule has 3 aromatic rings. The number of aromatic carboxylic acids is 1. The Kier molecular flexibility index (Phi) is 4.42. The third kappa shape index (κ3) is 3.81. The second-order valence-electron chi connectivity index (χ2n) is 5.07. The van der Waals surface area contributed by atoms with Crippen molar-refractivity contribution in [1.29, 1.82) is 0 Å². The molecular weight excluding hydrogens is 326 g/mol. The Hall–Kier alpha value is -3.68. The van der Waals surface area contributed by atoms with Crippen LogP contribution in [0, 0.1) is 0 Å². The normalized spacial score (nSPS) is 11.4. The van der Waals surface area contributed by atoms with Gasteiger partial charge in [-0.25, -0.2) is 14.6 Å². The number of nitrogens with two attached hydrogens (primary N) is 1. The number of carbonyl (C=O) groups excluding carboxylic acids is 1. The van der Waals surface area contributed by atoms with Gasteiger partial charge in [0.1, 0.15) is 12.4 Å². The Morgan fingerprint density at radius 1 is 1.24 bits per heavy atom. The molecule has 2 aromatic heterocycles. The van der Waals surface area contributed by atoms with Gasteiger partial charge in [-0.1, -0.05) is 30.3 Å². The summed E-state index contributed by atoms with van der Waals surface area (Å²) in [6.45, 7) is 0.0808. The predicted molar refractivity (Wildman–Crippen MR) is 88.3 cm³/mol. The summed E-state index contributed by atoms with van der Waals surface area (Å²) >= 11 is 0. The van der Waals surface area contributed by atoms with Crippen LogP contribution in [0.5, 0.6) is 0 Å². The fraction of sp³-hybridized carbons (Fsp3) is 0.0588. The Balaban J connectivity index is 1.73. The van der Waals surface area contributed by atoms with Crippen molar-refractivity contribution in [2.24, 2.45) is 10.7 Å². The first-order valence-corrected chi connectivity index (χ1v) is 7.21. The average Bonchev–Trinajstić information content (AvgIpc) is 3.04. The molecule has 0 aliphatic rings. The number of carboxylic acid groups (broad SMARTS) is 1. The quantitative estimate of drug-likeness (QED) is 0.552. The summed E-state index contributed by atoms with van der Waals surface area (Å²) in [4.78, 5) is 30.3. The van der Waals surface area contributed by atoms with Crippen molar-refractivity contribution in [1.82, 2.24) is 4.98 Å². The zero-order chi connectivity index (χ0) is 17.8. The van der Waals surface area contributed by atoms with Gasteiger partial charge in [-0.3, -0.25) is 0 Å². The van der Waals surface area contributed by atoms with Gasteiger partial charge >= 0.3 is 12.1 Å². The molecule has 0 aliphatic carbocycles. The molecule has 0 saturated carbocycles. The molecule has 3 rings (SSSR count). The summed E-state index contributed by atoms with van der Waals surface area (Å²) in [5.41, 5.74) is 7.11. The standard InChI is InChI=1S/C17H13N3O5/c18-14(20-17(23)24-9-10-4-2-1-3-5-10)12-6-11-7-13(16(21)22)25-15(11)19-8-12/h1-8H,9H2,(H,21,22)(H2,18,20,23). The van der Waals surface area contributed by atoms with E-state index >= 15 is 0 Å². The molecule has 0 bridgehead atoms. The molecule has 1 amide bonds. The number of nitrogens with zero attached hydrogens (tertiary/aromatic N) is 2. The highest BCUT2D eigenvalue weighted by Crippen LogP contribution is 2.18. The number of aromatic nitrogens is 1. The summed E-state index contributed by atoms with van der Waals surface area (Å²) in [7, 11) is 0. The summed E-state index contributed by atoms with van der Waals surface area (Å²) in [6, 6.07) is 12.0. The molecule has 8 nitrogen and oxygen atoms in total. The number of carboxylic acids is 1. The molecule has 3 N–H and O–H groups in total. The smallest absolute Gasteiger partial charge is 0.435 e. The molecule has 8 heteroatoms. The largest absolute Gasteiger partial charge is 0.475 e. The van der Waals surface area contributed by atoms with Gasteiger partial charge in [0.25, 0.3) is 0 Å². The van der Waals surface area contributed by atoms with Crippen molar-refractivity contribution < 1.29 is 23.8 Å². The number of furan rings is 1. The summed E-state index contributed by atoms with van der Waals surface area (Å²) in [6.07, 6.45) is 0.501. The molecule has 25 heavy (non-hydrogen) atoms. The van der Waals surface area contributed by atoms with E-state index in [0.717, 1.165) is 5.56 Å². The summed E-state index contributed by atoms with van der Waals surface area (Å²) < 4.78 is 10.1. The lowest BCUT2D eigenvalue weighted by atomic mass is 10.2. The van der Waals surface area contributed by atoms with Crippen LogP contribution >= 0.6 is 0 Å². The second kappa shape index (κ2) is 6.83. The van der Waals surface area contributed by atoms with Crippen LogP contribution in [0.25, 0.3) is 11.1 Å². The summed E-state index contributed by atoms with van der Waals surface area (Å²) in [5.74, 6) is -1.53. The number of pyridine rings is 1. The summed E-state index contributed by atoms with van der Waals surface area (Å²) in [5, 5.41) is 9.34. The van der Waals surface area contributed by atoms with E-state index in [1.54, 1.807) is 0 Å². The van der Waals surface area contributed by atoms with Crippen molar-refractivity contribution >= 4 is 29.0 Å². The van der Waals surface area contributed by atoms with Crippen LogP contribution in [0.1, 0.15) is 21.7 Å². The van der Waals surface area contributed by atoms with Gasteiger partial charge in [0.2, 0.25) is 11.5 Å². The van der Waals surface area contributed by atoms with E-state index in [9.17, 15) is 9.59 Å². The highest BCUT2D eigenvalue weighted by Gasteiger charge is 2.13. The van der Waals surface area contributed by atoms with Gasteiger partial charge in [0, 0.05) is 23.2 Å². The monoisotopic (exact) mass is 339 g/mol. The van der Waals surface area contributed by atoms with Crippen LogP contribution < -0.4 is 5.73 Å². The topological polar surface area (TPSA) is 128 Å². The molecule has 0 atom stereocenters. The molecule has 126 valence electrons. The Morgan fingerprint density at radius 2 is 2.00 bits per heavy atom. The molecule has 0 saturated heterocycles. The van der Waals surface area contributed by atoms with Crippen molar-refractivity contribution in [3.05, 3.63) is 65.5 Å². The molecule has 2 heterocycles. The third-order valence-electron chi connectivity index (χ3n) is 3.30. The van der Waals surface area contributed by atoms with Gasteiger partial charge in [-0.2, -0.15) is 4.99 Å². The number of amides is 1. The minimum Gasteiger partial charge on any atom is -0.475 e. The fourth-order valence-corrected chi connectivity index (χ4v) is 2.09. The zero-order valence-electron chi connectivity index (χ0n) is 12.9. The first kappa shape index (κ1) is 16.2. The highest BCUT2D eigenvalue weighted by molar-refractivity contribution is 6.04. The minimum atomic E-state index is -1.20. The average molecular weight is 339 g/mol. The zero-order valence-corrected chi connectivity index (χ0v) is 12.9. The van der Waals surface area contributed by atoms with Gasteiger partial charge in [-0.15, -0.1) is 0 Å². The molecule has 0 aliphatic heterocycles. The number of aliphatic imine (C=N–C) groups is 1. The van der Waals surface area contributed by atoms with Crippen molar-refractivity contribution in [3.8, 4) is 0 Å². The Labute approximate surface area is 141 Å². The minimum absolute atomic E-state index is 0.0808. The van der Waals surface area contributed by atoms with Gasteiger partial charge in [-0.05, 0) is 11.6 Å². The number of carbonyl (C=O) groups is 2. The molecule has 0 unspecified atom stereocenters. The second-order valence-corrected chi connectivity index (χ2v) is 5.07. The predicted octanol–water partition coefficient (Wildman–Crippen LogP) is 2.57. The van der Waals surface area contributed by atoms with Crippen LogP contribution in [0.2, 0.25) is 0 Å². The van der Waals surface area contributed by atoms with E-state index in [2.05, 4.69) is 9.98 Å². The lowest BCUT2D eigenvalue weighted by Gasteiger charge is -2.03. The van der Waals surface area contributed by atoms with Crippen LogP contribution in [-0.2, 0) is 11.3 Å². The number of benzene rings is 1. The molecule has 0 spiro atoms. The fourth-order valence-electron chi connectivity index (χ4n) is 2.09. The van der Waals surface area contributed by atoms with Crippen LogP contribution in [0.3, 0.4) is 0 Å². The SMILES string of the molecule is N/C(=N/C(=O)OCc1ccccc1)c1cnc2oc(C(=O)O)cc2c1. The lowest BCUT2D eigenvalue weighted by molar-refractivity contribution is 0.0664. The van der Waals surface area contributed by atoms with E-state index in [4.69, 9.17) is 20.0 Å². The molecule has 1 aromatic carbocycles. The first-order chi connectivity index (χ1) is 12.0. The first-order valence-electron chi connectivity index (χ1n) is 7.21. The van der Waals surface area contributed by atoms with Gasteiger partial charge < -0.3 is 20.0 Å². The van der Waals surface area contributed by atoms with Crippen LogP contribution in [0.15, 0.2) is 58.1 Å². The van der Waals surface area contributed by atoms with Crippen molar-refractivity contribution in [3.63, 3.8) is 0 Å². The van der Waals surface area contributed by atoms with Crippen LogP contribution in [0.4, 0.5) is 4.79 Å². The van der Waals surface area contributed by atoms with Crippen molar-refractivity contribution in [2.75, 3.05) is 0 Å². The number of hydrogen-bond donors (Lipinski definition) is 2. The van der Waals surface area contributed by atoms with E-state index < -0.39 is 12.1 Å². The maximum atomic E-state index is 11.8. The number of amidine groups is 1. The number of fused-ring (bicyclic) bond motifs is 1. The third-order valence-corrected chi connectivity index (χ3v) is 3.30. The number of ether oxygens (including phenoxy) is 1. The number of rotatable bonds is 4. The van der Waals surface area contributed by atoms with E-state index in [1.807, 2.05) is 30.3 Å². The molecular formula is C17H13N3O5. The van der Waals surface area contributed by atoms with E-state index in [0.29, 0.717) is 10.9 Å². The van der Waals surface area contributed by atoms with Gasteiger partial charge in [0.15, 0.2) is 0 Å².